The van der Waals surface area contributed by atoms with Gasteiger partial charge in [-0.2, -0.15) is 5.26 Å². The highest BCUT2D eigenvalue weighted by molar-refractivity contribution is 7.19. The lowest BCUT2D eigenvalue weighted by atomic mass is 10.1. The van der Waals surface area contributed by atoms with E-state index >= 15 is 0 Å². The zero-order valence-corrected chi connectivity index (χ0v) is 18.3. The van der Waals surface area contributed by atoms with Gasteiger partial charge in [-0.15, -0.1) is 11.3 Å². The molecule has 0 atom stereocenters. The molecule has 2 aromatic heterocycles. The predicted octanol–water partition coefficient (Wildman–Crippen LogP) is 6.84. The molecular weight excluding hydrogens is 432 g/mol. The average Bonchev–Trinajstić information content (AvgIpc) is 3.38. The van der Waals surface area contributed by atoms with Crippen molar-refractivity contribution in [3.63, 3.8) is 0 Å². The van der Waals surface area contributed by atoms with Gasteiger partial charge in [-0.05, 0) is 56.3 Å². The lowest BCUT2D eigenvalue weighted by Gasteiger charge is -2.10. The fraction of sp³-hybridized carbons (Fsp3) is 0.125. The number of thiazole rings is 1. The van der Waals surface area contributed by atoms with Gasteiger partial charge in [0.2, 0.25) is 0 Å². The molecule has 0 fully saturated rings. The summed E-state index contributed by atoms with van der Waals surface area (Å²) in [5.41, 5.74) is 2.22. The van der Waals surface area contributed by atoms with E-state index in [4.69, 9.17) is 20.8 Å². The molecule has 0 N–H and O–H groups in total. The van der Waals surface area contributed by atoms with Crippen molar-refractivity contribution in [2.75, 3.05) is 0 Å². The minimum absolute atomic E-state index is 0.250. The van der Waals surface area contributed by atoms with Gasteiger partial charge < -0.3 is 9.15 Å². The van der Waals surface area contributed by atoms with Crippen LogP contribution in [-0.4, -0.2) is 17.1 Å². The number of hydrogen-bond acceptors (Lipinski definition) is 6. The summed E-state index contributed by atoms with van der Waals surface area (Å²) in [5, 5.41) is 10.6. The molecule has 0 spiro atoms. The van der Waals surface area contributed by atoms with E-state index in [1.807, 2.05) is 24.3 Å². The first kappa shape index (κ1) is 20.9. The number of benzene rings is 2. The van der Waals surface area contributed by atoms with E-state index in [2.05, 4.69) is 11.1 Å². The summed E-state index contributed by atoms with van der Waals surface area (Å²) in [5.74, 6) is 0.561. The average molecular weight is 449 g/mol. The number of esters is 1. The molecule has 0 aliphatic carbocycles. The number of furan rings is 1. The molecule has 2 aromatic carbocycles. The van der Waals surface area contributed by atoms with Gasteiger partial charge in [0, 0.05) is 11.6 Å². The minimum Gasteiger partial charge on any atom is -0.459 e. The number of carbonyl (C=O) groups is 1. The summed E-state index contributed by atoms with van der Waals surface area (Å²) >= 11 is 7.63. The molecule has 154 valence electrons. The van der Waals surface area contributed by atoms with Crippen LogP contribution < -0.4 is 0 Å². The van der Waals surface area contributed by atoms with E-state index in [1.54, 1.807) is 50.3 Å². The fourth-order valence-corrected chi connectivity index (χ4v) is 4.10. The Balaban J connectivity index is 1.64. The van der Waals surface area contributed by atoms with E-state index < -0.39 is 5.97 Å². The lowest BCUT2D eigenvalue weighted by molar-refractivity contribution is 0.0378. The monoisotopic (exact) mass is 448 g/mol. The van der Waals surface area contributed by atoms with Crippen LogP contribution in [-0.2, 0) is 4.74 Å². The largest absolute Gasteiger partial charge is 0.459 e. The minimum atomic E-state index is -0.490. The van der Waals surface area contributed by atoms with Gasteiger partial charge in [0.25, 0.3) is 0 Å². The molecule has 4 aromatic rings. The van der Waals surface area contributed by atoms with Crippen molar-refractivity contribution in [3.05, 3.63) is 76.0 Å². The number of rotatable bonds is 5. The van der Waals surface area contributed by atoms with Gasteiger partial charge in [-0.3, -0.25) is 0 Å². The van der Waals surface area contributed by atoms with Gasteiger partial charge in [0.1, 0.15) is 22.6 Å². The predicted molar refractivity (Wildman–Crippen MR) is 123 cm³/mol. The lowest BCUT2D eigenvalue weighted by Crippen LogP contribution is -2.12. The first-order valence-electron chi connectivity index (χ1n) is 9.53. The molecule has 7 heteroatoms. The number of aromatic nitrogens is 1. The molecule has 0 radical (unpaired) electrons. The number of ether oxygens (including phenoxy) is 1. The van der Waals surface area contributed by atoms with Crippen molar-refractivity contribution >= 4 is 50.8 Å². The molecular formula is C24H17ClN2O3S. The highest BCUT2D eigenvalue weighted by atomic mass is 35.5. The van der Waals surface area contributed by atoms with Gasteiger partial charge in [0.15, 0.2) is 0 Å². The molecule has 0 unspecified atom stereocenters. The van der Waals surface area contributed by atoms with Crippen molar-refractivity contribution in [3.8, 4) is 17.4 Å². The zero-order valence-electron chi connectivity index (χ0n) is 16.8. The molecule has 31 heavy (non-hydrogen) atoms. The number of para-hydroxylation sites is 1. The van der Waals surface area contributed by atoms with Gasteiger partial charge in [-0.1, -0.05) is 23.7 Å². The van der Waals surface area contributed by atoms with Gasteiger partial charge in [0.05, 0.1) is 32.5 Å². The maximum atomic E-state index is 12.3. The zero-order chi connectivity index (χ0) is 22.0. The maximum Gasteiger partial charge on any atom is 0.339 e. The molecule has 0 aliphatic heterocycles. The van der Waals surface area contributed by atoms with Crippen molar-refractivity contribution in [1.82, 2.24) is 4.98 Å². The Morgan fingerprint density at radius 1 is 1.23 bits per heavy atom. The summed E-state index contributed by atoms with van der Waals surface area (Å²) in [6.07, 6.45) is 1.41. The Hall–Kier alpha value is -3.40. The number of fused-ring (bicyclic) bond motifs is 1. The number of halogens is 1. The Bertz CT molecular complexity index is 1310. The van der Waals surface area contributed by atoms with E-state index in [0.29, 0.717) is 32.7 Å². The van der Waals surface area contributed by atoms with Crippen LogP contribution in [0.2, 0.25) is 5.02 Å². The number of carbonyl (C=O) groups excluding carboxylic acids is 1. The van der Waals surface area contributed by atoms with Crippen LogP contribution in [0.1, 0.15) is 35.0 Å². The van der Waals surface area contributed by atoms with E-state index in [-0.39, 0.29) is 11.7 Å². The summed E-state index contributed by atoms with van der Waals surface area (Å²) in [7, 11) is 0. The molecule has 4 rings (SSSR count). The van der Waals surface area contributed by atoms with Crippen molar-refractivity contribution in [2.45, 2.75) is 20.0 Å². The Labute approximate surface area is 188 Å². The second kappa shape index (κ2) is 8.76. The number of allylic oxidation sites excluding steroid dienone is 1. The second-order valence-electron chi connectivity index (χ2n) is 7.01. The van der Waals surface area contributed by atoms with Gasteiger partial charge in [-0.25, -0.2) is 9.78 Å². The normalized spacial score (nSPS) is 11.6. The summed E-state index contributed by atoms with van der Waals surface area (Å²) < 4.78 is 12.2. The molecule has 0 aliphatic rings. The highest BCUT2D eigenvalue weighted by Gasteiger charge is 2.16. The second-order valence-corrected chi connectivity index (χ2v) is 8.45. The Morgan fingerprint density at radius 3 is 2.77 bits per heavy atom. The smallest absolute Gasteiger partial charge is 0.339 e. The first-order valence-corrected chi connectivity index (χ1v) is 10.7. The third-order valence-electron chi connectivity index (χ3n) is 4.37. The van der Waals surface area contributed by atoms with Gasteiger partial charge >= 0.3 is 5.97 Å². The van der Waals surface area contributed by atoms with E-state index in [9.17, 15) is 10.1 Å². The summed E-state index contributed by atoms with van der Waals surface area (Å²) in [6, 6.07) is 18.5. The van der Waals surface area contributed by atoms with Crippen molar-refractivity contribution < 1.29 is 13.9 Å². The molecule has 5 nitrogen and oxygen atoms in total. The quantitative estimate of drug-likeness (QED) is 0.247. The highest BCUT2D eigenvalue weighted by Crippen LogP contribution is 2.31. The van der Waals surface area contributed by atoms with Crippen LogP contribution in [0.4, 0.5) is 0 Å². The number of nitrogens with zero attached hydrogens (tertiary/aromatic N) is 2. The molecule has 0 saturated heterocycles. The van der Waals surface area contributed by atoms with Crippen LogP contribution in [0.5, 0.6) is 0 Å². The SMILES string of the molecule is CC(C)OC(=O)c1cc(-c2ccc(/C=C(/C#N)c3nc4ccccc4s3)o2)ccc1Cl. The standard InChI is InChI=1S/C24H17ClN2O3S/c1-14(2)29-24(28)18-12-15(7-9-19(18)25)21-10-8-17(30-21)11-16(13-26)23-27-20-5-3-4-6-22(20)31-23/h3-12,14H,1-2H3/b16-11-. The Morgan fingerprint density at radius 2 is 2.03 bits per heavy atom. The molecule has 0 amide bonds. The summed E-state index contributed by atoms with van der Waals surface area (Å²) in [4.78, 5) is 16.8. The third kappa shape index (κ3) is 4.53. The van der Waals surface area contributed by atoms with Crippen LogP contribution in [0.3, 0.4) is 0 Å². The Kier molecular flexibility index (Phi) is 5.90. The summed E-state index contributed by atoms with van der Waals surface area (Å²) in [6.45, 7) is 3.55. The van der Waals surface area contributed by atoms with Crippen LogP contribution >= 0.6 is 22.9 Å². The number of hydrogen-bond donors (Lipinski definition) is 0. The first-order chi connectivity index (χ1) is 14.9. The van der Waals surface area contributed by atoms with E-state index in [0.717, 1.165) is 10.2 Å². The molecule has 0 saturated carbocycles. The van der Waals surface area contributed by atoms with E-state index in [1.165, 1.54) is 11.3 Å². The maximum absolute atomic E-state index is 12.3. The van der Waals surface area contributed by atoms with Crippen LogP contribution in [0.15, 0.2) is 59.0 Å². The fourth-order valence-electron chi connectivity index (χ4n) is 2.97. The van der Waals surface area contributed by atoms with Crippen LogP contribution in [0.25, 0.3) is 33.2 Å². The van der Waals surface area contributed by atoms with Crippen molar-refractivity contribution in [1.29, 1.82) is 5.26 Å². The molecule has 0 bridgehead atoms. The molecule has 2 heterocycles. The topological polar surface area (TPSA) is 76.1 Å². The van der Waals surface area contributed by atoms with Crippen molar-refractivity contribution in [2.24, 2.45) is 0 Å². The third-order valence-corrected chi connectivity index (χ3v) is 5.77. The van der Waals surface area contributed by atoms with Crippen LogP contribution in [0, 0.1) is 11.3 Å². The number of nitriles is 1.